The van der Waals surface area contributed by atoms with Gasteiger partial charge in [-0.15, -0.1) is 0 Å². The summed E-state index contributed by atoms with van der Waals surface area (Å²) in [6.45, 7) is 0. The molecule has 3 rings (SSSR count). The summed E-state index contributed by atoms with van der Waals surface area (Å²) in [6.07, 6.45) is 4.02. The Kier molecular flexibility index (Phi) is 3.32. The lowest BCUT2D eigenvalue weighted by atomic mass is 10.0. The summed E-state index contributed by atoms with van der Waals surface area (Å²) in [5.41, 5.74) is 7.83. The van der Waals surface area contributed by atoms with Crippen LogP contribution in [-0.4, -0.2) is 11.7 Å². The lowest BCUT2D eigenvalue weighted by Crippen LogP contribution is -2.27. The Labute approximate surface area is 117 Å². The Morgan fingerprint density at radius 1 is 1.25 bits per heavy atom. The van der Waals surface area contributed by atoms with Gasteiger partial charge in [0, 0.05) is 17.8 Å². The molecule has 4 heteroatoms. The van der Waals surface area contributed by atoms with E-state index in [-0.39, 0.29) is 5.56 Å². The van der Waals surface area contributed by atoms with E-state index in [1.807, 2.05) is 42.6 Å². The van der Waals surface area contributed by atoms with Crippen LogP contribution in [0, 0.1) is 0 Å². The molecule has 0 spiro atoms. The first-order valence-electron chi connectivity index (χ1n) is 6.81. The zero-order valence-corrected chi connectivity index (χ0v) is 11.5. The van der Waals surface area contributed by atoms with E-state index in [4.69, 9.17) is 10.5 Å². The lowest BCUT2D eigenvalue weighted by molar-refractivity contribution is 0.414. The third-order valence-corrected chi connectivity index (χ3v) is 3.75. The van der Waals surface area contributed by atoms with Gasteiger partial charge in [-0.25, -0.2) is 0 Å². The molecule has 4 nitrogen and oxygen atoms in total. The summed E-state index contributed by atoms with van der Waals surface area (Å²) in [6, 6.07) is 11.2. The predicted molar refractivity (Wildman–Crippen MR) is 78.0 cm³/mol. The predicted octanol–water partition coefficient (Wildman–Crippen LogP) is 2.24. The van der Waals surface area contributed by atoms with E-state index in [0.29, 0.717) is 11.6 Å². The van der Waals surface area contributed by atoms with Gasteiger partial charge in [-0.3, -0.25) is 4.79 Å². The van der Waals surface area contributed by atoms with Crippen LogP contribution in [0.25, 0.3) is 0 Å². The van der Waals surface area contributed by atoms with Gasteiger partial charge in [0.25, 0.3) is 5.56 Å². The Bertz CT molecular complexity index is 657. The molecule has 2 N–H and O–H groups in total. The van der Waals surface area contributed by atoms with Crippen molar-refractivity contribution < 1.29 is 4.74 Å². The fourth-order valence-corrected chi connectivity index (χ4v) is 2.40. The molecule has 1 aromatic carbocycles. The molecule has 1 aromatic heterocycles. The first kappa shape index (κ1) is 12.9. The maximum absolute atomic E-state index is 12.4. The number of aromatic nitrogens is 1. The van der Waals surface area contributed by atoms with Crippen molar-refractivity contribution in [3.63, 3.8) is 0 Å². The van der Waals surface area contributed by atoms with E-state index in [9.17, 15) is 4.79 Å². The molecule has 1 aliphatic rings. The van der Waals surface area contributed by atoms with Crippen LogP contribution in [0.2, 0.25) is 0 Å². The van der Waals surface area contributed by atoms with E-state index in [1.54, 1.807) is 11.7 Å². The monoisotopic (exact) mass is 270 g/mol. The molecule has 0 bridgehead atoms. The fraction of sp³-hybridized carbons (Fsp3) is 0.312. The molecule has 1 unspecified atom stereocenters. The molecule has 1 atom stereocenters. The largest absolute Gasteiger partial charge is 0.497 e. The molecule has 1 heterocycles. The molecule has 0 saturated heterocycles. The van der Waals surface area contributed by atoms with Gasteiger partial charge >= 0.3 is 0 Å². The number of nitrogens with two attached hydrogens (primary N) is 1. The molecule has 104 valence electrons. The van der Waals surface area contributed by atoms with Crippen molar-refractivity contribution >= 4 is 0 Å². The van der Waals surface area contributed by atoms with Crippen LogP contribution in [0.3, 0.4) is 0 Å². The minimum absolute atomic E-state index is 0.0262. The standard InChI is InChI=1S/C16H18N2O2/c1-20-13-8-4-11(5-9-13)15(17)14-3-2-10-18(16(14)19)12-6-7-12/h2-5,8-10,12,15H,6-7,17H2,1H3. The summed E-state index contributed by atoms with van der Waals surface area (Å²) in [7, 11) is 1.63. The van der Waals surface area contributed by atoms with Crippen molar-refractivity contribution in [3.8, 4) is 5.75 Å². The minimum atomic E-state index is -0.403. The van der Waals surface area contributed by atoms with E-state index in [1.165, 1.54) is 0 Å². The molecular formula is C16H18N2O2. The normalized spacial score (nSPS) is 15.9. The Balaban J connectivity index is 1.95. The number of hydrogen-bond donors (Lipinski definition) is 1. The van der Waals surface area contributed by atoms with Crippen LogP contribution in [-0.2, 0) is 0 Å². The summed E-state index contributed by atoms with van der Waals surface area (Å²) in [5.74, 6) is 0.782. The SMILES string of the molecule is COc1ccc(C(N)c2cccn(C3CC3)c2=O)cc1. The number of nitrogens with zero attached hydrogens (tertiary/aromatic N) is 1. The van der Waals surface area contributed by atoms with Crippen molar-refractivity contribution in [3.05, 3.63) is 64.1 Å². The molecule has 20 heavy (non-hydrogen) atoms. The Morgan fingerprint density at radius 3 is 2.55 bits per heavy atom. The van der Waals surface area contributed by atoms with Gasteiger partial charge in [0.05, 0.1) is 13.2 Å². The lowest BCUT2D eigenvalue weighted by Gasteiger charge is -2.14. The highest BCUT2D eigenvalue weighted by molar-refractivity contribution is 5.34. The first-order chi connectivity index (χ1) is 9.70. The van der Waals surface area contributed by atoms with Crippen molar-refractivity contribution in [1.82, 2.24) is 4.57 Å². The van der Waals surface area contributed by atoms with Crippen LogP contribution in [0.1, 0.15) is 36.1 Å². The third kappa shape index (κ3) is 2.34. The van der Waals surface area contributed by atoms with Crippen molar-refractivity contribution in [1.29, 1.82) is 0 Å². The van der Waals surface area contributed by atoms with Gasteiger partial charge in [-0.05, 0) is 36.6 Å². The number of methoxy groups -OCH3 is 1. The van der Waals surface area contributed by atoms with Crippen molar-refractivity contribution in [2.24, 2.45) is 5.73 Å². The van der Waals surface area contributed by atoms with Crippen LogP contribution in [0.4, 0.5) is 0 Å². The molecular weight excluding hydrogens is 252 g/mol. The quantitative estimate of drug-likeness (QED) is 0.927. The smallest absolute Gasteiger partial charge is 0.255 e. The van der Waals surface area contributed by atoms with Crippen molar-refractivity contribution in [2.45, 2.75) is 24.9 Å². The minimum Gasteiger partial charge on any atom is -0.497 e. The van der Waals surface area contributed by atoms with Crippen LogP contribution in [0.15, 0.2) is 47.4 Å². The zero-order chi connectivity index (χ0) is 14.1. The molecule has 0 aliphatic heterocycles. The topological polar surface area (TPSA) is 57.2 Å². The van der Waals surface area contributed by atoms with Gasteiger partial charge in [-0.2, -0.15) is 0 Å². The van der Waals surface area contributed by atoms with Gasteiger partial charge in [0.15, 0.2) is 0 Å². The number of rotatable bonds is 4. The molecule has 0 radical (unpaired) electrons. The van der Waals surface area contributed by atoms with Gasteiger partial charge in [0.1, 0.15) is 5.75 Å². The second kappa shape index (κ2) is 5.13. The second-order valence-electron chi connectivity index (χ2n) is 5.16. The van der Waals surface area contributed by atoms with Gasteiger partial charge in [-0.1, -0.05) is 18.2 Å². The van der Waals surface area contributed by atoms with Crippen molar-refractivity contribution in [2.75, 3.05) is 7.11 Å². The number of pyridine rings is 1. The zero-order valence-electron chi connectivity index (χ0n) is 11.5. The van der Waals surface area contributed by atoms with Crippen LogP contribution in [0.5, 0.6) is 5.75 Å². The molecule has 1 aliphatic carbocycles. The van der Waals surface area contributed by atoms with E-state index >= 15 is 0 Å². The summed E-state index contributed by atoms with van der Waals surface area (Å²) in [4.78, 5) is 12.4. The highest BCUT2D eigenvalue weighted by atomic mass is 16.5. The van der Waals surface area contributed by atoms with Crippen LogP contribution >= 0.6 is 0 Å². The maximum atomic E-state index is 12.4. The van der Waals surface area contributed by atoms with Gasteiger partial charge < -0.3 is 15.0 Å². The summed E-state index contributed by atoms with van der Waals surface area (Å²) in [5, 5.41) is 0. The van der Waals surface area contributed by atoms with Crippen LogP contribution < -0.4 is 16.0 Å². The number of ether oxygens (including phenoxy) is 1. The first-order valence-corrected chi connectivity index (χ1v) is 6.81. The van der Waals surface area contributed by atoms with Gasteiger partial charge in [0.2, 0.25) is 0 Å². The molecule has 0 amide bonds. The summed E-state index contributed by atoms with van der Waals surface area (Å²) < 4.78 is 6.93. The number of benzene rings is 1. The third-order valence-electron chi connectivity index (χ3n) is 3.75. The highest BCUT2D eigenvalue weighted by Gasteiger charge is 2.25. The average Bonchev–Trinajstić information content (AvgIpc) is 3.31. The Hall–Kier alpha value is -2.07. The Morgan fingerprint density at radius 2 is 1.95 bits per heavy atom. The fourth-order valence-electron chi connectivity index (χ4n) is 2.40. The molecule has 1 fully saturated rings. The average molecular weight is 270 g/mol. The highest BCUT2D eigenvalue weighted by Crippen LogP contribution is 2.33. The second-order valence-corrected chi connectivity index (χ2v) is 5.16. The summed E-state index contributed by atoms with van der Waals surface area (Å²) >= 11 is 0. The molecule has 2 aromatic rings. The molecule has 1 saturated carbocycles. The van der Waals surface area contributed by atoms with E-state index in [0.717, 1.165) is 24.2 Å². The number of hydrogen-bond acceptors (Lipinski definition) is 3. The van der Waals surface area contributed by atoms with E-state index < -0.39 is 6.04 Å². The van der Waals surface area contributed by atoms with E-state index in [2.05, 4.69) is 0 Å². The maximum Gasteiger partial charge on any atom is 0.255 e.